The number of aromatic nitrogens is 2. The minimum absolute atomic E-state index is 0.0294. The minimum Gasteiger partial charge on any atom is -0.339 e. The Balaban J connectivity index is 1.53. The molecular weight excluding hydrogens is 555 g/mol. The minimum atomic E-state index is -3.94. The van der Waals surface area contributed by atoms with Gasteiger partial charge in [-0.1, -0.05) is 30.3 Å². The van der Waals surface area contributed by atoms with Gasteiger partial charge >= 0.3 is 0 Å². The molecule has 0 bridgehead atoms. The topological polar surface area (TPSA) is 99.3 Å². The summed E-state index contributed by atoms with van der Waals surface area (Å²) in [4.78, 5) is 19.9. The number of sulfonamides is 1. The van der Waals surface area contributed by atoms with Crippen LogP contribution in [0.4, 0.5) is 5.69 Å². The average Bonchev–Trinajstić information content (AvgIpc) is 3.63. The van der Waals surface area contributed by atoms with Crippen LogP contribution in [0.5, 0.6) is 0 Å². The number of rotatable bonds is 10. The molecule has 0 aliphatic heterocycles. The number of benzene rings is 3. The van der Waals surface area contributed by atoms with Crippen molar-refractivity contribution < 1.29 is 13.2 Å². The summed E-state index contributed by atoms with van der Waals surface area (Å²) in [6, 6.07) is 25.1. The molecule has 0 saturated carbocycles. The highest BCUT2D eigenvalue weighted by Gasteiger charge is 2.27. The largest absolute Gasteiger partial charge is 0.339 e. The van der Waals surface area contributed by atoms with Gasteiger partial charge in [-0.3, -0.25) is 9.10 Å². The van der Waals surface area contributed by atoms with E-state index < -0.39 is 10.0 Å². The molecule has 0 saturated heterocycles. The number of carbonyl (C=O) groups is 1. The Morgan fingerprint density at radius 2 is 1.73 bits per heavy atom. The smallest absolute Gasteiger partial charge is 0.264 e. The van der Waals surface area contributed by atoms with Crippen molar-refractivity contribution in [3.05, 3.63) is 113 Å². The van der Waals surface area contributed by atoms with Gasteiger partial charge in [0.15, 0.2) is 0 Å². The van der Waals surface area contributed by atoms with E-state index in [2.05, 4.69) is 11.1 Å². The molecule has 0 fully saturated rings. The third-order valence-corrected chi connectivity index (χ3v) is 9.81. The van der Waals surface area contributed by atoms with E-state index in [1.54, 1.807) is 66.0 Å². The molecule has 5 aromatic rings. The summed E-state index contributed by atoms with van der Waals surface area (Å²) in [6.45, 7) is 5.66. The molecule has 0 N–H and O–H groups in total. The molecule has 0 aliphatic carbocycles. The van der Waals surface area contributed by atoms with E-state index in [-0.39, 0.29) is 17.3 Å². The number of thiophene rings is 1. The zero-order chi connectivity index (χ0) is 29.0. The van der Waals surface area contributed by atoms with E-state index in [1.807, 2.05) is 48.7 Å². The van der Waals surface area contributed by atoms with Crippen molar-refractivity contribution in [2.75, 3.05) is 17.4 Å². The van der Waals surface area contributed by atoms with Gasteiger partial charge in [0, 0.05) is 30.5 Å². The molecule has 3 aromatic carbocycles. The second-order valence-electron chi connectivity index (χ2n) is 9.46. The summed E-state index contributed by atoms with van der Waals surface area (Å²) in [5, 5.41) is 9.91. The van der Waals surface area contributed by atoms with E-state index in [1.165, 1.54) is 15.6 Å². The number of fused-ring (bicyclic) bond motifs is 1. The van der Waals surface area contributed by atoms with Crippen LogP contribution in [0.1, 0.15) is 40.3 Å². The molecule has 0 aliphatic rings. The summed E-state index contributed by atoms with van der Waals surface area (Å²) in [6.07, 6.45) is 3.34. The van der Waals surface area contributed by atoms with Crippen LogP contribution < -0.4 is 4.31 Å². The lowest BCUT2D eigenvalue weighted by atomic mass is 10.1. The number of nitrogens with zero attached hydrogens (tertiary/aromatic N) is 5. The Labute approximate surface area is 243 Å². The van der Waals surface area contributed by atoms with E-state index in [9.17, 15) is 13.2 Å². The van der Waals surface area contributed by atoms with Crippen LogP contribution >= 0.6 is 11.3 Å². The van der Waals surface area contributed by atoms with Crippen molar-refractivity contribution in [1.82, 2.24) is 14.5 Å². The lowest BCUT2D eigenvalue weighted by molar-refractivity contribution is 0.0778. The van der Waals surface area contributed by atoms with Crippen LogP contribution in [0.25, 0.3) is 10.1 Å². The van der Waals surface area contributed by atoms with Crippen molar-refractivity contribution >= 4 is 43.0 Å². The standard InChI is InChI=1S/C31H29N5O3S2/c1-3-34(4-2)31(37)30-17-25-16-26(14-15-29(25)40-30)36(41(38,39)28-8-6-5-7-9-28)21-27-19-33-22-35(27)20-24-12-10-23(18-32)11-13-24/h5-17,19,22H,3-4,20-21H2,1-2H3. The predicted molar refractivity (Wildman–Crippen MR) is 161 cm³/mol. The van der Waals surface area contributed by atoms with Crippen LogP contribution in [0.2, 0.25) is 0 Å². The first kappa shape index (κ1) is 28.1. The number of hydrogen-bond donors (Lipinski definition) is 0. The normalized spacial score (nSPS) is 11.3. The summed E-state index contributed by atoms with van der Waals surface area (Å²) < 4.78 is 32.2. The number of hydrogen-bond acceptors (Lipinski definition) is 6. The van der Waals surface area contributed by atoms with E-state index in [0.717, 1.165) is 15.6 Å². The zero-order valence-electron chi connectivity index (χ0n) is 22.8. The van der Waals surface area contributed by atoms with Crippen molar-refractivity contribution in [2.45, 2.75) is 31.8 Å². The van der Waals surface area contributed by atoms with E-state index in [4.69, 9.17) is 5.26 Å². The Bertz CT molecular complexity index is 1820. The van der Waals surface area contributed by atoms with Crippen molar-refractivity contribution in [3.63, 3.8) is 0 Å². The van der Waals surface area contributed by atoms with Gasteiger partial charge in [0.1, 0.15) is 0 Å². The molecule has 5 rings (SSSR count). The quantitative estimate of drug-likeness (QED) is 0.204. The highest BCUT2D eigenvalue weighted by atomic mass is 32.2. The molecule has 0 spiro atoms. The molecule has 2 aromatic heterocycles. The van der Waals surface area contributed by atoms with Crippen LogP contribution in [0, 0.1) is 11.3 Å². The number of nitriles is 1. The molecular formula is C31H29N5O3S2. The van der Waals surface area contributed by atoms with Gasteiger partial charge in [0.25, 0.3) is 15.9 Å². The number of imidazole rings is 1. The molecule has 10 heteroatoms. The van der Waals surface area contributed by atoms with Crippen molar-refractivity contribution in [1.29, 1.82) is 5.26 Å². The SMILES string of the molecule is CCN(CC)C(=O)c1cc2cc(N(Cc3cncn3Cc3ccc(C#N)cc3)S(=O)(=O)c3ccccc3)ccc2s1. The van der Waals surface area contributed by atoms with Crippen LogP contribution in [-0.4, -0.2) is 41.9 Å². The molecule has 0 unspecified atom stereocenters. The number of anilines is 1. The first-order valence-electron chi connectivity index (χ1n) is 13.2. The van der Waals surface area contributed by atoms with Crippen LogP contribution in [0.15, 0.2) is 96.3 Å². The van der Waals surface area contributed by atoms with Gasteiger partial charge in [-0.2, -0.15) is 5.26 Å². The summed E-state index contributed by atoms with van der Waals surface area (Å²) >= 11 is 1.41. The first-order chi connectivity index (χ1) is 19.8. The maximum Gasteiger partial charge on any atom is 0.264 e. The monoisotopic (exact) mass is 583 g/mol. The van der Waals surface area contributed by atoms with Gasteiger partial charge in [-0.15, -0.1) is 11.3 Å². The Hall–Kier alpha value is -4.46. The second-order valence-corrected chi connectivity index (χ2v) is 12.4. The fourth-order valence-corrected chi connectivity index (χ4v) is 7.10. The number of amides is 1. The molecule has 2 heterocycles. The fraction of sp³-hybridized carbons (Fsp3) is 0.194. The molecule has 1 amide bonds. The van der Waals surface area contributed by atoms with Gasteiger partial charge in [0.05, 0.1) is 45.7 Å². The highest BCUT2D eigenvalue weighted by Crippen LogP contribution is 2.33. The maximum absolute atomic E-state index is 14.0. The molecule has 0 radical (unpaired) electrons. The predicted octanol–water partition coefficient (Wildman–Crippen LogP) is 5.90. The van der Waals surface area contributed by atoms with Crippen LogP contribution in [-0.2, 0) is 23.1 Å². The van der Waals surface area contributed by atoms with Crippen LogP contribution in [0.3, 0.4) is 0 Å². The van der Waals surface area contributed by atoms with Crippen molar-refractivity contribution in [2.24, 2.45) is 0 Å². The Kier molecular flexibility index (Phi) is 8.19. The number of carbonyl (C=O) groups excluding carboxylic acids is 1. The fourth-order valence-electron chi connectivity index (χ4n) is 4.64. The van der Waals surface area contributed by atoms with E-state index in [0.29, 0.717) is 41.5 Å². The second kappa shape index (κ2) is 12.0. The first-order valence-corrected chi connectivity index (χ1v) is 15.5. The van der Waals surface area contributed by atoms with E-state index >= 15 is 0 Å². The van der Waals surface area contributed by atoms with Crippen molar-refractivity contribution in [3.8, 4) is 6.07 Å². The summed E-state index contributed by atoms with van der Waals surface area (Å²) in [5.74, 6) is -0.0294. The highest BCUT2D eigenvalue weighted by molar-refractivity contribution is 7.92. The van der Waals surface area contributed by atoms with Gasteiger partial charge in [-0.05, 0) is 73.3 Å². The average molecular weight is 584 g/mol. The molecule has 208 valence electrons. The van der Waals surface area contributed by atoms with Gasteiger partial charge in [0.2, 0.25) is 0 Å². The maximum atomic E-state index is 14.0. The third-order valence-electron chi connectivity index (χ3n) is 6.92. The van der Waals surface area contributed by atoms with Gasteiger partial charge in [-0.25, -0.2) is 13.4 Å². The van der Waals surface area contributed by atoms with Gasteiger partial charge < -0.3 is 9.47 Å². The summed E-state index contributed by atoms with van der Waals surface area (Å²) in [5.41, 5.74) is 2.74. The molecule has 41 heavy (non-hydrogen) atoms. The summed E-state index contributed by atoms with van der Waals surface area (Å²) in [7, 11) is -3.94. The lowest BCUT2D eigenvalue weighted by Gasteiger charge is -2.25. The zero-order valence-corrected chi connectivity index (χ0v) is 24.4. The Morgan fingerprint density at radius 3 is 2.41 bits per heavy atom. The third kappa shape index (κ3) is 5.87. The Morgan fingerprint density at radius 1 is 1.00 bits per heavy atom. The molecule has 0 atom stereocenters. The lowest BCUT2D eigenvalue weighted by Crippen LogP contribution is -2.31. The molecule has 8 nitrogen and oxygen atoms in total.